The molecule has 7 nitrogen and oxygen atoms in total. The molecule has 1 aromatic heterocycles. The van der Waals surface area contributed by atoms with Crippen LogP contribution in [0.3, 0.4) is 0 Å². The van der Waals surface area contributed by atoms with E-state index >= 15 is 0 Å². The number of carbonyl (C=O) groups excluding carboxylic acids is 3. The summed E-state index contributed by atoms with van der Waals surface area (Å²) in [5.41, 5.74) is 2.89. The Morgan fingerprint density at radius 2 is 1.74 bits per heavy atom. The summed E-state index contributed by atoms with van der Waals surface area (Å²) in [6.45, 7) is 3.89. The number of thiazole rings is 1. The lowest BCUT2D eigenvalue weighted by Gasteiger charge is -2.15. The summed E-state index contributed by atoms with van der Waals surface area (Å²) in [4.78, 5) is 44.0. The summed E-state index contributed by atoms with van der Waals surface area (Å²) in [7, 11) is 0. The van der Waals surface area contributed by atoms with E-state index in [1.54, 1.807) is 48.0 Å². The lowest BCUT2D eigenvalue weighted by atomic mass is 10.1. The minimum atomic E-state index is -0.460. The molecule has 1 atom stereocenters. The number of rotatable bonds is 10. The van der Waals surface area contributed by atoms with Crippen molar-refractivity contribution in [3.63, 3.8) is 0 Å². The van der Waals surface area contributed by atoms with Crippen LogP contribution in [0.5, 0.6) is 0 Å². The molecule has 39 heavy (non-hydrogen) atoms. The zero-order valence-corrected chi connectivity index (χ0v) is 23.1. The van der Waals surface area contributed by atoms with Crippen molar-refractivity contribution in [3.05, 3.63) is 113 Å². The van der Waals surface area contributed by atoms with E-state index in [9.17, 15) is 14.4 Å². The number of aromatic nitrogens is 1. The van der Waals surface area contributed by atoms with Gasteiger partial charge in [-0.2, -0.15) is 0 Å². The minimum Gasteiger partial charge on any atom is -0.321 e. The molecule has 0 aliphatic heterocycles. The van der Waals surface area contributed by atoms with Gasteiger partial charge >= 0.3 is 0 Å². The summed E-state index contributed by atoms with van der Waals surface area (Å²) < 4.78 is 0. The van der Waals surface area contributed by atoms with Gasteiger partial charge in [-0.05, 0) is 60.9 Å². The molecule has 0 bridgehead atoms. The smallest absolute Gasteiger partial charge is 0.272 e. The maximum absolute atomic E-state index is 13.4. The van der Waals surface area contributed by atoms with Crippen LogP contribution in [0.2, 0.25) is 0 Å². The Bertz CT molecular complexity index is 1470. The molecule has 3 N–H and O–H groups in total. The topological polar surface area (TPSA) is 100 Å². The van der Waals surface area contributed by atoms with Gasteiger partial charge in [0, 0.05) is 27.7 Å². The van der Waals surface area contributed by atoms with Crippen LogP contribution in [0.25, 0.3) is 6.08 Å². The second-order valence-electron chi connectivity index (χ2n) is 8.56. The molecule has 1 unspecified atom stereocenters. The van der Waals surface area contributed by atoms with Crippen LogP contribution in [0, 0.1) is 6.92 Å². The fourth-order valence-corrected chi connectivity index (χ4v) is 5.19. The van der Waals surface area contributed by atoms with Crippen LogP contribution in [-0.4, -0.2) is 28.0 Å². The molecule has 0 radical (unpaired) electrons. The summed E-state index contributed by atoms with van der Waals surface area (Å²) in [6, 6.07) is 23.6. The standard InChI is InChI=1S/C30H28N4O3S2/c1-3-26(29(37)34-30-31-16-17-38-30)39-24-15-9-14-23(19-24)32-28(36)25(18-22-13-8-7-10-20(22)2)33-27(35)21-11-5-4-6-12-21/h4-19,26H,3H2,1-2H3,(H,32,36)(H,33,35)(H,31,34,37)/b25-18-. The van der Waals surface area contributed by atoms with E-state index in [0.29, 0.717) is 22.8 Å². The number of anilines is 2. The van der Waals surface area contributed by atoms with E-state index in [0.717, 1.165) is 16.0 Å². The third kappa shape index (κ3) is 7.89. The van der Waals surface area contributed by atoms with E-state index in [1.807, 2.05) is 62.4 Å². The summed E-state index contributed by atoms with van der Waals surface area (Å²) in [5.74, 6) is -0.968. The van der Waals surface area contributed by atoms with Crippen molar-refractivity contribution in [2.75, 3.05) is 10.6 Å². The zero-order valence-electron chi connectivity index (χ0n) is 21.5. The van der Waals surface area contributed by atoms with Crippen LogP contribution in [0.4, 0.5) is 10.8 Å². The Labute approximate surface area is 235 Å². The first-order valence-corrected chi connectivity index (χ1v) is 14.1. The molecule has 3 amide bonds. The molecule has 0 saturated carbocycles. The van der Waals surface area contributed by atoms with Gasteiger partial charge in [-0.1, -0.05) is 55.5 Å². The maximum Gasteiger partial charge on any atom is 0.272 e. The highest BCUT2D eigenvalue weighted by Crippen LogP contribution is 2.29. The van der Waals surface area contributed by atoms with Crippen molar-refractivity contribution >= 4 is 57.7 Å². The van der Waals surface area contributed by atoms with E-state index in [1.165, 1.54) is 23.1 Å². The van der Waals surface area contributed by atoms with Crippen molar-refractivity contribution in [2.45, 2.75) is 30.4 Å². The highest BCUT2D eigenvalue weighted by molar-refractivity contribution is 8.00. The van der Waals surface area contributed by atoms with Crippen molar-refractivity contribution in [3.8, 4) is 0 Å². The van der Waals surface area contributed by atoms with Crippen LogP contribution in [-0.2, 0) is 9.59 Å². The normalized spacial score (nSPS) is 11.9. The fraction of sp³-hybridized carbons (Fsp3) is 0.133. The van der Waals surface area contributed by atoms with Crippen molar-refractivity contribution in [1.82, 2.24) is 10.3 Å². The Balaban J connectivity index is 1.51. The molecular weight excluding hydrogens is 528 g/mol. The quantitative estimate of drug-likeness (QED) is 0.156. The van der Waals surface area contributed by atoms with Gasteiger partial charge in [-0.15, -0.1) is 23.1 Å². The Morgan fingerprint density at radius 3 is 2.46 bits per heavy atom. The third-order valence-corrected chi connectivity index (χ3v) is 7.76. The summed E-state index contributed by atoms with van der Waals surface area (Å²) in [5, 5.41) is 10.5. The van der Waals surface area contributed by atoms with Gasteiger partial charge in [0.05, 0.1) is 5.25 Å². The molecule has 9 heteroatoms. The van der Waals surface area contributed by atoms with Gasteiger partial charge in [0.1, 0.15) is 5.70 Å². The van der Waals surface area contributed by atoms with Crippen LogP contribution >= 0.6 is 23.1 Å². The van der Waals surface area contributed by atoms with Gasteiger partial charge in [-0.3, -0.25) is 14.4 Å². The van der Waals surface area contributed by atoms with E-state index < -0.39 is 5.91 Å². The number of aryl methyl sites for hydroxylation is 1. The van der Waals surface area contributed by atoms with Gasteiger partial charge in [0.25, 0.3) is 11.8 Å². The van der Waals surface area contributed by atoms with Crippen LogP contribution in [0.1, 0.15) is 34.8 Å². The van der Waals surface area contributed by atoms with Crippen molar-refractivity contribution in [2.24, 2.45) is 0 Å². The number of thioether (sulfide) groups is 1. The zero-order chi connectivity index (χ0) is 27.6. The molecule has 0 aliphatic rings. The highest BCUT2D eigenvalue weighted by atomic mass is 32.2. The van der Waals surface area contributed by atoms with Gasteiger partial charge in [0.2, 0.25) is 5.91 Å². The Morgan fingerprint density at radius 1 is 0.974 bits per heavy atom. The molecular formula is C30H28N4O3S2. The predicted octanol–water partition coefficient (Wildman–Crippen LogP) is 6.37. The predicted molar refractivity (Wildman–Crippen MR) is 159 cm³/mol. The largest absolute Gasteiger partial charge is 0.321 e. The number of hydrogen-bond acceptors (Lipinski definition) is 6. The number of hydrogen-bond donors (Lipinski definition) is 3. The molecule has 4 rings (SSSR count). The summed E-state index contributed by atoms with van der Waals surface area (Å²) >= 11 is 2.78. The SMILES string of the molecule is CCC(Sc1cccc(NC(=O)/C(=C/c2ccccc2C)NC(=O)c2ccccc2)c1)C(=O)Nc1nccs1. The maximum atomic E-state index is 13.4. The number of benzene rings is 3. The fourth-order valence-electron chi connectivity index (χ4n) is 3.65. The van der Waals surface area contributed by atoms with Crippen LogP contribution in [0.15, 0.2) is 101 Å². The van der Waals surface area contributed by atoms with E-state index in [2.05, 4.69) is 20.9 Å². The first-order valence-electron chi connectivity index (χ1n) is 12.3. The molecule has 0 saturated heterocycles. The van der Waals surface area contributed by atoms with Crippen molar-refractivity contribution < 1.29 is 14.4 Å². The molecule has 4 aromatic rings. The lowest BCUT2D eigenvalue weighted by Crippen LogP contribution is -2.30. The third-order valence-electron chi connectivity index (χ3n) is 5.71. The molecule has 1 heterocycles. The van der Waals surface area contributed by atoms with E-state index in [4.69, 9.17) is 0 Å². The Hall–Kier alpha value is -4.21. The first-order chi connectivity index (χ1) is 18.9. The monoisotopic (exact) mass is 556 g/mol. The van der Waals surface area contributed by atoms with Gasteiger partial charge in [0.15, 0.2) is 5.13 Å². The molecule has 3 aromatic carbocycles. The van der Waals surface area contributed by atoms with Gasteiger partial charge in [-0.25, -0.2) is 4.98 Å². The number of nitrogens with zero attached hydrogens (tertiary/aromatic N) is 1. The molecule has 0 aliphatic carbocycles. The highest BCUT2D eigenvalue weighted by Gasteiger charge is 2.20. The Kier molecular flexibility index (Phi) is 9.66. The molecule has 0 spiro atoms. The first kappa shape index (κ1) is 27.8. The van der Waals surface area contributed by atoms with Crippen LogP contribution < -0.4 is 16.0 Å². The van der Waals surface area contributed by atoms with E-state index in [-0.39, 0.29) is 22.8 Å². The molecule has 198 valence electrons. The second kappa shape index (κ2) is 13.5. The summed E-state index contributed by atoms with van der Waals surface area (Å²) in [6.07, 6.45) is 3.93. The number of carbonyl (C=O) groups is 3. The average molecular weight is 557 g/mol. The second-order valence-corrected chi connectivity index (χ2v) is 10.7. The lowest BCUT2D eigenvalue weighted by molar-refractivity contribution is -0.116. The van der Waals surface area contributed by atoms with Crippen molar-refractivity contribution in [1.29, 1.82) is 0 Å². The number of nitrogens with one attached hydrogen (secondary N) is 3. The minimum absolute atomic E-state index is 0.116. The van der Waals surface area contributed by atoms with Gasteiger partial charge < -0.3 is 16.0 Å². The number of amides is 3. The average Bonchev–Trinajstić information content (AvgIpc) is 3.46. The molecule has 0 fully saturated rings.